The first-order chi connectivity index (χ1) is 7.63. The van der Waals surface area contributed by atoms with Crippen LogP contribution >= 0.6 is 0 Å². The van der Waals surface area contributed by atoms with E-state index in [4.69, 9.17) is 0 Å². The van der Waals surface area contributed by atoms with E-state index < -0.39 is 0 Å². The zero-order valence-corrected chi connectivity index (χ0v) is 11.3. The van der Waals surface area contributed by atoms with E-state index in [0.717, 1.165) is 29.8 Å². The Morgan fingerprint density at radius 2 is 1.31 bits per heavy atom. The average molecular weight is 223 g/mol. The Labute approximate surface area is 101 Å². The first-order valence-electron chi connectivity index (χ1n) is 7.39. The first kappa shape index (κ1) is 12.4. The molecule has 2 aliphatic carbocycles. The normalized spacial score (nSPS) is 45.6. The van der Waals surface area contributed by atoms with Gasteiger partial charge in [-0.2, -0.15) is 0 Å². The molecule has 0 bridgehead atoms. The summed E-state index contributed by atoms with van der Waals surface area (Å²) < 4.78 is 0. The molecule has 2 rings (SSSR count). The molecule has 2 saturated carbocycles. The molecule has 1 N–H and O–H groups in total. The van der Waals surface area contributed by atoms with Crippen molar-refractivity contribution in [3.63, 3.8) is 0 Å². The summed E-state index contributed by atoms with van der Waals surface area (Å²) in [5.74, 6) is 2.81. The van der Waals surface area contributed by atoms with Gasteiger partial charge in [0.15, 0.2) is 0 Å². The van der Waals surface area contributed by atoms with Crippen molar-refractivity contribution in [2.45, 2.75) is 77.8 Å². The molecule has 4 unspecified atom stereocenters. The van der Waals surface area contributed by atoms with Gasteiger partial charge in [-0.05, 0) is 49.9 Å². The highest BCUT2D eigenvalue weighted by Gasteiger charge is 2.27. The molecule has 2 fully saturated rings. The van der Waals surface area contributed by atoms with Gasteiger partial charge < -0.3 is 5.32 Å². The third kappa shape index (κ3) is 3.48. The Morgan fingerprint density at radius 1 is 0.688 bits per heavy atom. The molecule has 0 aliphatic heterocycles. The van der Waals surface area contributed by atoms with E-state index in [-0.39, 0.29) is 0 Å². The third-order valence-corrected chi connectivity index (χ3v) is 4.59. The van der Waals surface area contributed by atoms with Crippen LogP contribution in [0.25, 0.3) is 0 Å². The highest BCUT2D eigenvalue weighted by Crippen LogP contribution is 2.30. The average Bonchev–Trinajstić information content (AvgIpc) is 2.15. The molecular weight excluding hydrogens is 194 g/mol. The van der Waals surface area contributed by atoms with Crippen LogP contribution < -0.4 is 5.32 Å². The maximum Gasteiger partial charge on any atom is 0.00747 e. The van der Waals surface area contributed by atoms with Gasteiger partial charge in [0, 0.05) is 12.1 Å². The summed E-state index contributed by atoms with van der Waals surface area (Å²) in [7, 11) is 0. The predicted molar refractivity (Wildman–Crippen MR) is 70.5 cm³/mol. The van der Waals surface area contributed by atoms with Crippen LogP contribution in [0, 0.1) is 17.8 Å². The van der Waals surface area contributed by atoms with E-state index in [2.05, 4.69) is 26.1 Å². The van der Waals surface area contributed by atoms with Crippen LogP contribution in [0.4, 0.5) is 0 Å². The van der Waals surface area contributed by atoms with Crippen molar-refractivity contribution in [1.29, 1.82) is 0 Å². The number of hydrogen-bond donors (Lipinski definition) is 1. The zero-order chi connectivity index (χ0) is 11.5. The molecule has 0 aromatic carbocycles. The van der Waals surface area contributed by atoms with Crippen molar-refractivity contribution in [3.05, 3.63) is 0 Å². The molecular formula is C15H29N. The lowest BCUT2D eigenvalue weighted by Crippen LogP contribution is -2.44. The Morgan fingerprint density at radius 3 is 1.94 bits per heavy atom. The van der Waals surface area contributed by atoms with Gasteiger partial charge in [0.25, 0.3) is 0 Å². The van der Waals surface area contributed by atoms with Crippen molar-refractivity contribution in [2.24, 2.45) is 17.8 Å². The van der Waals surface area contributed by atoms with Gasteiger partial charge in [-0.1, -0.05) is 33.6 Å². The lowest BCUT2D eigenvalue weighted by Gasteiger charge is -2.37. The Bertz CT molecular complexity index is 203. The van der Waals surface area contributed by atoms with Crippen LogP contribution in [-0.4, -0.2) is 12.1 Å². The van der Waals surface area contributed by atoms with Crippen LogP contribution in [0.3, 0.4) is 0 Å². The van der Waals surface area contributed by atoms with E-state index >= 15 is 0 Å². The fourth-order valence-corrected chi connectivity index (χ4v) is 4.00. The molecule has 94 valence electrons. The summed E-state index contributed by atoms with van der Waals surface area (Å²) in [5.41, 5.74) is 0. The van der Waals surface area contributed by atoms with Gasteiger partial charge in [0.2, 0.25) is 0 Å². The largest absolute Gasteiger partial charge is 0.311 e. The molecule has 0 heterocycles. The fourth-order valence-electron chi connectivity index (χ4n) is 4.00. The molecule has 0 aromatic rings. The maximum atomic E-state index is 3.95. The minimum atomic E-state index is 0.814. The van der Waals surface area contributed by atoms with Crippen molar-refractivity contribution < 1.29 is 0 Å². The van der Waals surface area contributed by atoms with Gasteiger partial charge in [-0.15, -0.1) is 0 Å². The second-order valence-corrected chi connectivity index (χ2v) is 6.75. The van der Waals surface area contributed by atoms with E-state index in [9.17, 15) is 0 Å². The SMILES string of the molecule is CC1CCCC(NC2CC(C)CC(C)C2)C1. The van der Waals surface area contributed by atoms with Gasteiger partial charge in [0.05, 0.1) is 0 Å². The van der Waals surface area contributed by atoms with Crippen LogP contribution in [0.2, 0.25) is 0 Å². The minimum absolute atomic E-state index is 0.814. The highest BCUT2D eigenvalue weighted by atomic mass is 15.0. The molecule has 0 spiro atoms. The van der Waals surface area contributed by atoms with E-state index in [0.29, 0.717) is 0 Å². The Balaban J connectivity index is 1.79. The van der Waals surface area contributed by atoms with Crippen molar-refractivity contribution in [3.8, 4) is 0 Å². The van der Waals surface area contributed by atoms with Crippen LogP contribution in [-0.2, 0) is 0 Å². The second kappa shape index (κ2) is 5.53. The lowest BCUT2D eigenvalue weighted by molar-refractivity contribution is 0.199. The summed E-state index contributed by atoms with van der Waals surface area (Å²) >= 11 is 0. The molecule has 1 heteroatoms. The predicted octanol–water partition coefficient (Wildman–Crippen LogP) is 3.98. The molecule has 0 aromatic heterocycles. The van der Waals surface area contributed by atoms with Crippen molar-refractivity contribution in [2.75, 3.05) is 0 Å². The standard InChI is InChI=1S/C15H29N/c1-11-5-4-6-14(8-11)16-15-9-12(2)7-13(3)10-15/h11-16H,4-10H2,1-3H3. The van der Waals surface area contributed by atoms with Gasteiger partial charge in [-0.25, -0.2) is 0 Å². The van der Waals surface area contributed by atoms with Crippen LogP contribution in [0.15, 0.2) is 0 Å². The summed E-state index contributed by atoms with van der Waals surface area (Å²) in [6.07, 6.45) is 10.00. The second-order valence-electron chi connectivity index (χ2n) is 6.75. The number of hydrogen-bond acceptors (Lipinski definition) is 1. The van der Waals surface area contributed by atoms with E-state index in [1.54, 1.807) is 0 Å². The van der Waals surface area contributed by atoms with E-state index in [1.165, 1.54) is 44.9 Å². The molecule has 16 heavy (non-hydrogen) atoms. The minimum Gasteiger partial charge on any atom is -0.311 e. The van der Waals surface area contributed by atoms with Crippen molar-refractivity contribution >= 4 is 0 Å². The smallest absolute Gasteiger partial charge is 0.00747 e. The van der Waals surface area contributed by atoms with E-state index in [1.807, 2.05) is 0 Å². The molecule has 4 atom stereocenters. The molecule has 0 amide bonds. The van der Waals surface area contributed by atoms with Crippen molar-refractivity contribution in [1.82, 2.24) is 5.32 Å². The topological polar surface area (TPSA) is 12.0 Å². The summed E-state index contributed by atoms with van der Waals surface area (Å²) in [6.45, 7) is 7.27. The van der Waals surface area contributed by atoms with Crippen LogP contribution in [0.5, 0.6) is 0 Å². The summed E-state index contributed by atoms with van der Waals surface area (Å²) in [6, 6.07) is 1.64. The number of nitrogens with one attached hydrogen (secondary N) is 1. The Kier molecular flexibility index (Phi) is 4.29. The summed E-state index contributed by atoms with van der Waals surface area (Å²) in [4.78, 5) is 0. The van der Waals surface area contributed by atoms with Gasteiger partial charge in [0.1, 0.15) is 0 Å². The van der Waals surface area contributed by atoms with Gasteiger partial charge >= 0.3 is 0 Å². The quantitative estimate of drug-likeness (QED) is 0.746. The molecule has 0 saturated heterocycles. The molecule has 2 aliphatic rings. The lowest BCUT2D eigenvalue weighted by atomic mass is 9.79. The monoisotopic (exact) mass is 223 g/mol. The first-order valence-corrected chi connectivity index (χ1v) is 7.39. The third-order valence-electron chi connectivity index (χ3n) is 4.59. The highest BCUT2D eigenvalue weighted by molar-refractivity contribution is 4.84. The zero-order valence-electron chi connectivity index (χ0n) is 11.3. The molecule has 0 radical (unpaired) electrons. The van der Waals surface area contributed by atoms with Crippen LogP contribution in [0.1, 0.15) is 65.7 Å². The number of rotatable bonds is 2. The fraction of sp³-hybridized carbons (Fsp3) is 1.00. The molecule has 1 nitrogen and oxygen atoms in total. The Hall–Kier alpha value is -0.0400. The van der Waals surface area contributed by atoms with Gasteiger partial charge in [-0.3, -0.25) is 0 Å². The summed E-state index contributed by atoms with van der Waals surface area (Å²) in [5, 5.41) is 3.95. The maximum absolute atomic E-state index is 3.95.